The third-order valence-electron chi connectivity index (χ3n) is 5.15. The van der Waals surface area contributed by atoms with E-state index in [0.717, 1.165) is 47.0 Å². The van der Waals surface area contributed by atoms with Crippen molar-refractivity contribution in [1.29, 1.82) is 0 Å². The highest BCUT2D eigenvalue weighted by Crippen LogP contribution is 2.28. The van der Waals surface area contributed by atoms with Crippen molar-refractivity contribution in [1.82, 2.24) is 24.5 Å². The summed E-state index contributed by atoms with van der Waals surface area (Å²) in [4.78, 5) is 2.29. The minimum atomic E-state index is 0.772. The number of para-hydroxylation sites is 1. The predicted molar refractivity (Wildman–Crippen MR) is 119 cm³/mol. The molecule has 0 aliphatic heterocycles. The van der Waals surface area contributed by atoms with Gasteiger partial charge in [-0.25, -0.2) is 4.68 Å². The van der Waals surface area contributed by atoms with Gasteiger partial charge in [-0.15, -0.1) is 0 Å². The van der Waals surface area contributed by atoms with Crippen molar-refractivity contribution in [2.24, 2.45) is 7.05 Å². The van der Waals surface area contributed by atoms with Gasteiger partial charge in [0.15, 0.2) is 0 Å². The Hall–Kier alpha value is -3.38. The van der Waals surface area contributed by atoms with Crippen LogP contribution in [0.2, 0.25) is 0 Å². The van der Waals surface area contributed by atoms with Gasteiger partial charge in [-0.05, 0) is 38.2 Å². The molecule has 2 aromatic heterocycles. The van der Waals surface area contributed by atoms with Gasteiger partial charge >= 0.3 is 0 Å². The summed E-state index contributed by atoms with van der Waals surface area (Å²) in [5.41, 5.74) is 6.52. The molecule has 0 saturated carbocycles. The molecule has 2 aromatic carbocycles. The molecule has 0 aliphatic rings. The summed E-state index contributed by atoms with van der Waals surface area (Å²) in [5.74, 6) is 0.826. The van der Waals surface area contributed by atoms with E-state index in [-0.39, 0.29) is 0 Å². The number of rotatable bonds is 7. The van der Waals surface area contributed by atoms with E-state index in [1.54, 1.807) is 7.11 Å². The molecular weight excluding hydrogens is 374 g/mol. The molecule has 0 atom stereocenters. The maximum absolute atomic E-state index is 5.43. The van der Waals surface area contributed by atoms with Crippen LogP contribution in [0.25, 0.3) is 16.9 Å². The average molecular weight is 402 g/mol. The number of methoxy groups -OCH3 is 1. The van der Waals surface area contributed by atoms with Gasteiger partial charge in [0, 0.05) is 49.2 Å². The normalized spacial score (nSPS) is 11.2. The van der Waals surface area contributed by atoms with Crippen molar-refractivity contribution in [3.63, 3.8) is 0 Å². The van der Waals surface area contributed by atoms with Gasteiger partial charge < -0.3 is 4.74 Å². The number of benzene rings is 2. The molecule has 4 aromatic rings. The quantitative estimate of drug-likeness (QED) is 0.465. The second-order valence-electron chi connectivity index (χ2n) is 7.60. The van der Waals surface area contributed by atoms with Crippen LogP contribution in [0.15, 0.2) is 67.0 Å². The Morgan fingerprint density at radius 3 is 2.40 bits per heavy atom. The number of nitrogens with zero attached hydrogens (tertiary/aromatic N) is 5. The summed E-state index contributed by atoms with van der Waals surface area (Å²) in [6, 6.07) is 18.3. The number of hydrogen-bond acceptors (Lipinski definition) is 4. The maximum atomic E-state index is 5.43. The van der Waals surface area contributed by atoms with Crippen molar-refractivity contribution < 1.29 is 4.74 Å². The Labute approximate surface area is 177 Å². The lowest BCUT2D eigenvalue weighted by Gasteiger charge is -2.16. The van der Waals surface area contributed by atoms with Crippen LogP contribution in [-0.4, -0.2) is 38.6 Å². The van der Waals surface area contributed by atoms with Crippen LogP contribution in [0, 0.1) is 6.92 Å². The molecule has 0 saturated heterocycles. The van der Waals surface area contributed by atoms with Gasteiger partial charge in [0.1, 0.15) is 5.75 Å². The molecule has 0 N–H and O–H groups in total. The van der Waals surface area contributed by atoms with E-state index in [4.69, 9.17) is 9.84 Å². The first-order valence-corrected chi connectivity index (χ1v) is 9.99. The van der Waals surface area contributed by atoms with E-state index >= 15 is 0 Å². The fraction of sp³-hybridized carbons (Fsp3) is 0.250. The fourth-order valence-corrected chi connectivity index (χ4v) is 3.69. The van der Waals surface area contributed by atoms with E-state index < -0.39 is 0 Å². The van der Waals surface area contributed by atoms with E-state index in [9.17, 15) is 0 Å². The Morgan fingerprint density at radius 2 is 1.70 bits per heavy atom. The van der Waals surface area contributed by atoms with Gasteiger partial charge in [0.2, 0.25) is 0 Å². The Morgan fingerprint density at radius 1 is 0.933 bits per heavy atom. The number of hydrogen-bond donors (Lipinski definition) is 0. The minimum Gasteiger partial charge on any atom is -0.497 e. The highest BCUT2D eigenvalue weighted by molar-refractivity contribution is 5.65. The van der Waals surface area contributed by atoms with E-state index in [1.165, 1.54) is 5.56 Å². The van der Waals surface area contributed by atoms with Crippen LogP contribution in [-0.2, 0) is 20.1 Å². The lowest BCUT2D eigenvalue weighted by atomic mass is 10.1. The van der Waals surface area contributed by atoms with E-state index in [0.29, 0.717) is 0 Å². The zero-order valence-corrected chi connectivity index (χ0v) is 17.9. The molecule has 0 spiro atoms. The SMILES string of the molecule is COc1cccc(-c2nn(-c3ccccc3)cc2CN(C)Cc2cn(C)nc2C)c1. The summed E-state index contributed by atoms with van der Waals surface area (Å²) in [6.45, 7) is 3.65. The highest BCUT2D eigenvalue weighted by atomic mass is 16.5. The van der Waals surface area contributed by atoms with Crippen LogP contribution in [0.4, 0.5) is 0 Å². The standard InChI is InChI=1S/C24H27N5O/c1-18-20(16-28(3)25-18)14-27(2)15-21-17-29(22-10-6-5-7-11-22)26-24(21)19-9-8-12-23(13-19)30-4/h5-13,16-17H,14-15H2,1-4H3. The van der Waals surface area contributed by atoms with E-state index in [1.807, 2.05) is 52.8 Å². The summed E-state index contributed by atoms with van der Waals surface area (Å²) in [6.07, 6.45) is 4.21. The van der Waals surface area contributed by atoms with Crippen LogP contribution in [0.5, 0.6) is 5.75 Å². The molecule has 0 bridgehead atoms. The van der Waals surface area contributed by atoms with Crippen molar-refractivity contribution in [2.45, 2.75) is 20.0 Å². The van der Waals surface area contributed by atoms with Crippen molar-refractivity contribution in [2.75, 3.05) is 14.2 Å². The molecule has 6 heteroatoms. The summed E-state index contributed by atoms with van der Waals surface area (Å²) in [7, 11) is 5.77. The van der Waals surface area contributed by atoms with Crippen LogP contribution in [0.1, 0.15) is 16.8 Å². The maximum Gasteiger partial charge on any atom is 0.119 e. The third-order valence-corrected chi connectivity index (χ3v) is 5.15. The largest absolute Gasteiger partial charge is 0.497 e. The molecule has 4 rings (SSSR count). The summed E-state index contributed by atoms with van der Waals surface area (Å²) in [5, 5.41) is 9.38. The summed E-state index contributed by atoms with van der Waals surface area (Å²) < 4.78 is 9.25. The van der Waals surface area contributed by atoms with Gasteiger partial charge in [-0.3, -0.25) is 9.58 Å². The number of aryl methyl sites for hydroxylation is 2. The third kappa shape index (κ3) is 4.28. The average Bonchev–Trinajstić information content (AvgIpc) is 3.31. The minimum absolute atomic E-state index is 0.772. The zero-order valence-electron chi connectivity index (χ0n) is 17.9. The van der Waals surface area contributed by atoms with Crippen molar-refractivity contribution in [3.05, 3.63) is 83.8 Å². The second kappa shape index (κ2) is 8.55. The number of ether oxygens (including phenoxy) is 1. The van der Waals surface area contributed by atoms with Gasteiger partial charge in [-0.2, -0.15) is 10.2 Å². The van der Waals surface area contributed by atoms with Crippen molar-refractivity contribution >= 4 is 0 Å². The van der Waals surface area contributed by atoms with Crippen LogP contribution in [0.3, 0.4) is 0 Å². The van der Waals surface area contributed by atoms with Gasteiger partial charge in [0.25, 0.3) is 0 Å². The van der Waals surface area contributed by atoms with Crippen LogP contribution < -0.4 is 4.74 Å². The number of aromatic nitrogens is 4. The molecule has 0 amide bonds. The Kier molecular flexibility index (Phi) is 5.68. The molecule has 0 unspecified atom stereocenters. The molecule has 0 fully saturated rings. The van der Waals surface area contributed by atoms with Gasteiger partial charge in [0.05, 0.1) is 24.2 Å². The Bertz CT molecular complexity index is 1130. The molecule has 0 aliphatic carbocycles. The lowest BCUT2D eigenvalue weighted by Crippen LogP contribution is -2.17. The van der Waals surface area contributed by atoms with E-state index in [2.05, 4.69) is 54.6 Å². The first-order valence-electron chi connectivity index (χ1n) is 9.99. The smallest absolute Gasteiger partial charge is 0.119 e. The molecule has 2 heterocycles. The Balaban J connectivity index is 1.67. The molecule has 30 heavy (non-hydrogen) atoms. The first-order chi connectivity index (χ1) is 14.5. The second-order valence-corrected chi connectivity index (χ2v) is 7.60. The summed E-state index contributed by atoms with van der Waals surface area (Å²) >= 11 is 0. The molecule has 0 radical (unpaired) electrons. The fourth-order valence-electron chi connectivity index (χ4n) is 3.69. The molecule has 6 nitrogen and oxygen atoms in total. The molecular formula is C24H27N5O. The highest BCUT2D eigenvalue weighted by Gasteiger charge is 2.16. The topological polar surface area (TPSA) is 48.1 Å². The monoisotopic (exact) mass is 401 g/mol. The van der Waals surface area contributed by atoms with Crippen LogP contribution >= 0.6 is 0 Å². The van der Waals surface area contributed by atoms with Gasteiger partial charge in [-0.1, -0.05) is 30.3 Å². The lowest BCUT2D eigenvalue weighted by molar-refractivity contribution is 0.318. The first kappa shape index (κ1) is 19.9. The van der Waals surface area contributed by atoms with Crippen molar-refractivity contribution in [3.8, 4) is 22.7 Å². The predicted octanol–water partition coefficient (Wildman–Crippen LogP) is 4.22. The zero-order chi connectivity index (χ0) is 21.1. The molecule has 154 valence electrons.